The number of methoxy groups -OCH3 is 1. The molecule has 0 saturated carbocycles. The number of nitrogens with zero attached hydrogens (tertiary/aromatic N) is 1. The van der Waals surface area contributed by atoms with Crippen LogP contribution in [0.2, 0.25) is 0 Å². The third-order valence-electron chi connectivity index (χ3n) is 3.31. The Balaban J connectivity index is 3.93. The van der Waals surface area contributed by atoms with Gasteiger partial charge in [0, 0.05) is 23.9 Å². The Hall–Kier alpha value is -2.37. The molecule has 114 valence electrons. The molecule has 0 amide bonds. The van der Waals surface area contributed by atoms with Gasteiger partial charge in [0.05, 0.1) is 18.2 Å². The second-order valence-corrected chi connectivity index (χ2v) is 4.78. The van der Waals surface area contributed by atoms with Crippen LogP contribution in [0.5, 0.6) is 0 Å². The van der Waals surface area contributed by atoms with E-state index in [0.717, 1.165) is 0 Å². The van der Waals surface area contributed by atoms with Gasteiger partial charge in [0.15, 0.2) is 5.78 Å². The number of hydrogen-bond acceptors (Lipinski definition) is 5. The number of esters is 1. The van der Waals surface area contributed by atoms with Crippen molar-refractivity contribution in [1.82, 2.24) is 4.57 Å². The maximum Gasteiger partial charge on any atom is 0.340 e. The number of ether oxygens (including phenoxy) is 1. The first-order valence-corrected chi connectivity index (χ1v) is 6.37. The van der Waals surface area contributed by atoms with Gasteiger partial charge >= 0.3 is 5.97 Å². The van der Waals surface area contributed by atoms with Crippen molar-refractivity contribution in [3.05, 3.63) is 28.3 Å². The summed E-state index contributed by atoms with van der Waals surface area (Å²) in [6, 6.07) is 0. The van der Waals surface area contributed by atoms with Crippen molar-refractivity contribution in [3.63, 3.8) is 0 Å². The van der Waals surface area contributed by atoms with Crippen LogP contribution in [0.25, 0.3) is 5.57 Å². The molecule has 0 atom stereocenters. The SMILES string of the molecule is COC(=O)c1c(/C(C(C)=O)=C(\C)O)c(C)n(C(C)=O)c1C. The van der Waals surface area contributed by atoms with Crippen molar-refractivity contribution < 1.29 is 24.2 Å². The average molecular weight is 293 g/mol. The summed E-state index contributed by atoms with van der Waals surface area (Å²) in [6.07, 6.45) is 0. The molecule has 6 nitrogen and oxygen atoms in total. The first-order valence-electron chi connectivity index (χ1n) is 6.37. The molecule has 0 aliphatic heterocycles. The first-order chi connectivity index (χ1) is 9.64. The molecule has 0 radical (unpaired) electrons. The summed E-state index contributed by atoms with van der Waals surface area (Å²) in [6.45, 7) is 7.21. The van der Waals surface area contributed by atoms with Crippen LogP contribution < -0.4 is 0 Å². The summed E-state index contributed by atoms with van der Waals surface area (Å²) >= 11 is 0. The van der Waals surface area contributed by atoms with Crippen LogP contribution in [0.1, 0.15) is 52.9 Å². The van der Waals surface area contributed by atoms with E-state index in [1.807, 2.05) is 0 Å². The minimum Gasteiger partial charge on any atom is -0.512 e. The topological polar surface area (TPSA) is 85.6 Å². The van der Waals surface area contributed by atoms with Crippen molar-refractivity contribution >= 4 is 23.2 Å². The zero-order chi connectivity index (χ0) is 16.5. The molecule has 1 N–H and O–H groups in total. The molecule has 0 aromatic carbocycles. The van der Waals surface area contributed by atoms with Gasteiger partial charge in [0.1, 0.15) is 5.76 Å². The molecule has 1 rings (SSSR count). The van der Waals surface area contributed by atoms with Gasteiger partial charge in [-0.25, -0.2) is 4.79 Å². The van der Waals surface area contributed by atoms with E-state index < -0.39 is 11.8 Å². The standard InChI is InChI=1S/C15H19NO5/c1-7-12(14(9(3)17)10(4)18)13(15(20)21-6)8(2)16(7)11(5)19/h17H,1-6H3/b14-9+. The van der Waals surface area contributed by atoms with E-state index in [9.17, 15) is 19.5 Å². The number of aromatic nitrogens is 1. The number of allylic oxidation sites excluding steroid dienone is 2. The lowest BCUT2D eigenvalue weighted by molar-refractivity contribution is -0.111. The fraction of sp³-hybridized carbons (Fsp3) is 0.400. The number of carbonyl (C=O) groups is 3. The zero-order valence-corrected chi connectivity index (χ0v) is 13.0. The van der Waals surface area contributed by atoms with Crippen molar-refractivity contribution in [2.75, 3.05) is 7.11 Å². The van der Waals surface area contributed by atoms with Gasteiger partial charge in [0.2, 0.25) is 5.91 Å². The van der Waals surface area contributed by atoms with Gasteiger partial charge in [0.25, 0.3) is 0 Å². The summed E-state index contributed by atoms with van der Waals surface area (Å²) in [5.74, 6) is -1.56. The van der Waals surface area contributed by atoms with Gasteiger partial charge in [-0.15, -0.1) is 0 Å². The van der Waals surface area contributed by atoms with Crippen LogP contribution in [0, 0.1) is 13.8 Å². The monoisotopic (exact) mass is 293 g/mol. The lowest BCUT2D eigenvalue weighted by Gasteiger charge is -2.08. The highest BCUT2D eigenvalue weighted by molar-refractivity contribution is 6.23. The average Bonchev–Trinajstić information content (AvgIpc) is 2.60. The third-order valence-corrected chi connectivity index (χ3v) is 3.31. The predicted molar refractivity (Wildman–Crippen MR) is 77.4 cm³/mol. The van der Waals surface area contributed by atoms with E-state index in [0.29, 0.717) is 11.4 Å². The normalized spacial score (nSPS) is 11.9. The van der Waals surface area contributed by atoms with E-state index in [2.05, 4.69) is 0 Å². The number of aliphatic hydroxyl groups is 1. The van der Waals surface area contributed by atoms with Crippen LogP contribution in [0.4, 0.5) is 0 Å². The van der Waals surface area contributed by atoms with Crippen molar-refractivity contribution in [3.8, 4) is 0 Å². The van der Waals surface area contributed by atoms with Crippen LogP contribution in [-0.4, -0.2) is 34.4 Å². The molecule has 0 saturated heterocycles. The largest absolute Gasteiger partial charge is 0.512 e. The Kier molecular flexibility index (Phi) is 4.73. The molecule has 0 fully saturated rings. The van der Waals surface area contributed by atoms with Gasteiger partial charge in [-0.2, -0.15) is 0 Å². The van der Waals surface area contributed by atoms with Crippen LogP contribution >= 0.6 is 0 Å². The van der Waals surface area contributed by atoms with Crippen molar-refractivity contribution in [2.24, 2.45) is 0 Å². The summed E-state index contributed by atoms with van der Waals surface area (Å²) in [5, 5.41) is 9.79. The highest BCUT2D eigenvalue weighted by atomic mass is 16.5. The Morgan fingerprint density at radius 2 is 1.48 bits per heavy atom. The molecule has 6 heteroatoms. The number of hydrogen-bond donors (Lipinski definition) is 1. The highest BCUT2D eigenvalue weighted by Gasteiger charge is 2.29. The first kappa shape index (κ1) is 16.7. The highest BCUT2D eigenvalue weighted by Crippen LogP contribution is 2.31. The number of ketones is 1. The molecule has 0 bridgehead atoms. The van der Waals surface area contributed by atoms with E-state index in [-0.39, 0.29) is 28.4 Å². The smallest absolute Gasteiger partial charge is 0.340 e. The quantitative estimate of drug-likeness (QED) is 0.525. The predicted octanol–water partition coefficient (Wildman–Crippen LogP) is 2.43. The lowest BCUT2D eigenvalue weighted by atomic mass is 9.96. The molecular formula is C15H19NO5. The molecule has 0 unspecified atom stereocenters. The van der Waals surface area contributed by atoms with Gasteiger partial charge in [-0.3, -0.25) is 14.2 Å². The van der Waals surface area contributed by atoms with Crippen molar-refractivity contribution in [2.45, 2.75) is 34.6 Å². The lowest BCUT2D eigenvalue weighted by Crippen LogP contribution is -2.11. The van der Waals surface area contributed by atoms with E-state index in [1.165, 1.54) is 32.4 Å². The summed E-state index contributed by atoms with van der Waals surface area (Å²) < 4.78 is 6.06. The molecule has 1 heterocycles. The van der Waals surface area contributed by atoms with E-state index in [4.69, 9.17) is 4.74 Å². The Bertz CT molecular complexity index is 660. The Morgan fingerprint density at radius 1 is 1.00 bits per heavy atom. The Morgan fingerprint density at radius 3 is 1.81 bits per heavy atom. The number of aliphatic hydroxyl groups excluding tert-OH is 1. The second kappa shape index (κ2) is 5.95. The minimum atomic E-state index is -0.661. The maximum atomic E-state index is 12.0. The van der Waals surface area contributed by atoms with Gasteiger partial charge < -0.3 is 9.84 Å². The molecular weight excluding hydrogens is 274 g/mol. The van der Waals surface area contributed by atoms with Gasteiger partial charge in [-0.05, 0) is 27.7 Å². The minimum absolute atomic E-state index is 0.0102. The third kappa shape index (κ3) is 2.74. The molecule has 0 spiro atoms. The molecule has 1 aromatic rings. The van der Waals surface area contributed by atoms with E-state index in [1.54, 1.807) is 13.8 Å². The van der Waals surface area contributed by atoms with Gasteiger partial charge in [-0.1, -0.05) is 0 Å². The second-order valence-electron chi connectivity index (χ2n) is 4.78. The van der Waals surface area contributed by atoms with Crippen LogP contribution in [-0.2, 0) is 9.53 Å². The molecule has 0 aliphatic rings. The maximum absolute atomic E-state index is 12.0. The zero-order valence-electron chi connectivity index (χ0n) is 13.0. The fourth-order valence-electron chi connectivity index (χ4n) is 2.58. The van der Waals surface area contributed by atoms with Crippen LogP contribution in [0.3, 0.4) is 0 Å². The van der Waals surface area contributed by atoms with Crippen LogP contribution in [0.15, 0.2) is 5.76 Å². The number of Topliss-reactive ketones (excluding diaryl/α,β-unsaturated/α-hetero) is 1. The molecule has 0 aliphatic carbocycles. The molecule has 1 aromatic heterocycles. The summed E-state index contributed by atoms with van der Waals surface area (Å²) in [4.78, 5) is 35.6. The number of rotatable bonds is 3. The number of carbonyl (C=O) groups excluding carboxylic acids is 3. The molecule has 21 heavy (non-hydrogen) atoms. The fourth-order valence-corrected chi connectivity index (χ4v) is 2.58. The summed E-state index contributed by atoms with van der Waals surface area (Å²) in [5.41, 5.74) is 1.16. The van der Waals surface area contributed by atoms with E-state index >= 15 is 0 Å². The summed E-state index contributed by atoms with van der Waals surface area (Å²) in [7, 11) is 1.22. The van der Waals surface area contributed by atoms with Crippen molar-refractivity contribution in [1.29, 1.82) is 0 Å². The Labute approximate surface area is 123 Å².